The molecule has 2 N–H and O–H groups in total. The summed E-state index contributed by atoms with van der Waals surface area (Å²) in [4.78, 5) is 17.6. The summed E-state index contributed by atoms with van der Waals surface area (Å²) in [6.45, 7) is 9.37. The van der Waals surface area contributed by atoms with Gasteiger partial charge in [-0.1, -0.05) is 26.0 Å². The first-order chi connectivity index (χ1) is 15.8. The molecule has 0 amide bonds. The Hall–Kier alpha value is -3.20. The molecule has 0 atom stereocenters. The predicted octanol–water partition coefficient (Wildman–Crippen LogP) is 4.02. The van der Waals surface area contributed by atoms with Crippen molar-refractivity contribution in [3.8, 4) is 11.6 Å². The van der Waals surface area contributed by atoms with Gasteiger partial charge in [-0.25, -0.2) is 0 Å². The fraction of sp³-hybridized carbons (Fsp3) is 0.500. The van der Waals surface area contributed by atoms with Crippen LogP contribution in [0.15, 0.2) is 35.0 Å². The van der Waals surface area contributed by atoms with E-state index >= 15 is 0 Å². The molecule has 9 heteroatoms. The van der Waals surface area contributed by atoms with E-state index < -0.39 is 5.97 Å². The summed E-state index contributed by atoms with van der Waals surface area (Å²) >= 11 is 0. The van der Waals surface area contributed by atoms with Crippen LogP contribution in [0.1, 0.15) is 51.2 Å². The molecule has 176 valence electrons. The van der Waals surface area contributed by atoms with Gasteiger partial charge in [-0.05, 0) is 60.0 Å². The number of fused-ring (bicyclic) bond motifs is 1. The molecule has 2 aromatic heterocycles. The second-order valence-corrected chi connectivity index (χ2v) is 9.34. The van der Waals surface area contributed by atoms with Crippen molar-refractivity contribution >= 4 is 17.6 Å². The lowest BCUT2D eigenvalue weighted by Crippen LogP contribution is -2.30. The highest BCUT2D eigenvalue weighted by Gasteiger charge is 2.24. The van der Waals surface area contributed by atoms with Gasteiger partial charge in [-0.3, -0.25) is 9.48 Å². The molecule has 33 heavy (non-hydrogen) atoms. The molecular weight excluding hydrogens is 420 g/mol. The van der Waals surface area contributed by atoms with Crippen molar-refractivity contribution in [1.29, 1.82) is 0 Å². The van der Waals surface area contributed by atoms with Gasteiger partial charge in [0.25, 0.3) is 11.8 Å². The molecule has 3 heterocycles. The number of hydrogen-bond acceptors (Lipinski definition) is 7. The van der Waals surface area contributed by atoms with E-state index in [2.05, 4.69) is 57.5 Å². The largest absolute Gasteiger partial charge is 0.481 e. The molecule has 1 aliphatic rings. The molecule has 0 spiro atoms. The minimum absolute atomic E-state index is 0.0628. The highest BCUT2D eigenvalue weighted by atomic mass is 16.5. The number of nitrogens with zero attached hydrogens (tertiary/aromatic N) is 5. The molecule has 1 aromatic carbocycles. The highest BCUT2D eigenvalue weighted by molar-refractivity contribution is 5.66. The van der Waals surface area contributed by atoms with Crippen LogP contribution in [0.4, 0.5) is 11.6 Å². The summed E-state index contributed by atoms with van der Waals surface area (Å²) in [5, 5.41) is 21.1. The zero-order chi connectivity index (χ0) is 23.4. The maximum absolute atomic E-state index is 10.9. The van der Waals surface area contributed by atoms with E-state index in [1.54, 1.807) is 0 Å². The summed E-state index contributed by atoms with van der Waals surface area (Å²) in [6.07, 6.45) is 4.77. The van der Waals surface area contributed by atoms with E-state index in [0.717, 1.165) is 44.7 Å². The van der Waals surface area contributed by atoms with Crippen LogP contribution < -0.4 is 10.2 Å². The van der Waals surface area contributed by atoms with Crippen molar-refractivity contribution in [3.63, 3.8) is 0 Å². The minimum Gasteiger partial charge on any atom is -0.481 e. The van der Waals surface area contributed by atoms with E-state index in [9.17, 15) is 4.79 Å². The first-order valence-corrected chi connectivity index (χ1v) is 11.5. The lowest BCUT2D eigenvalue weighted by molar-refractivity contribution is -0.137. The summed E-state index contributed by atoms with van der Waals surface area (Å²) in [6, 6.07) is 8.37. The molecule has 0 radical (unpaired) electrons. The van der Waals surface area contributed by atoms with Crippen molar-refractivity contribution in [1.82, 2.24) is 25.2 Å². The summed E-state index contributed by atoms with van der Waals surface area (Å²) < 4.78 is 7.33. The average Bonchev–Trinajstić information content (AvgIpc) is 3.47. The Morgan fingerprint density at radius 1 is 1.30 bits per heavy atom. The Morgan fingerprint density at radius 2 is 2.15 bits per heavy atom. The number of carbonyl (C=O) groups is 1. The number of benzene rings is 1. The molecule has 0 bridgehead atoms. The third kappa shape index (κ3) is 5.60. The maximum atomic E-state index is 10.9. The minimum atomic E-state index is -0.744. The van der Waals surface area contributed by atoms with Gasteiger partial charge in [0.15, 0.2) is 5.69 Å². The van der Waals surface area contributed by atoms with Crippen molar-refractivity contribution < 1.29 is 14.4 Å². The van der Waals surface area contributed by atoms with Crippen LogP contribution in [0.3, 0.4) is 0 Å². The van der Waals surface area contributed by atoms with Gasteiger partial charge in [-0.2, -0.15) is 10.1 Å². The zero-order valence-electron chi connectivity index (χ0n) is 19.5. The average molecular weight is 453 g/mol. The maximum Gasteiger partial charge on any atom is 0.303 e. The zero-order valence-corrected chi connectivity index (χ0v) is 19.5. The van der Waals surface area contributed by atoms with Crippen LogP contribution in [0.5, 0.6) is 0 Å². The molecule has 4 rings (SSSR count). The van der Waals surface area contributed by atoms with Gasteiger partial charge >= 0.3 is 5.97 Å². The number of anilines is 2. The SMILES string of the molecule is CCn1ccc(-c2nc(N3CCCc4cc(CNCC(C)(C)CCC(=O)O)ccc43)no2)n1. The third-order valence-corrected chi connectivity index (χ3v) is 6.05. The normalized spacial score (nSPS) is 13.8. The Morgan fingerprint density at radius 3 is 2.91 bits per heavy atom. The van der Waals surface area contributed by atoms with Gasteiger partial charge in [-0.15, -0.1) is 0 Å². The molecular formula is C24H32N6O3. The molecule has 0 fully saturated rings. The molecule has 3 aromatic rings. The van der Waals surface area contributed by atoms with Gasteiger partial charge in [0.05, 0.1) is 0 Å². The van der Waals surface area contributed by atoms with Crippen molar-refractivity contribution in [2.45, 2.75) is 59.5 Å². The number of hydrogen-bond donors (Lipinski definition) is 2. The fourth-order valence-corrected chi connectivity index (χ4v) is 4.13. The second-order valence-electron chi connectivity index (χ2n) is 9.34. The number of carboxylic acid groups (broad SMARTS) is 1. The highest BCUT2D eigenvalue weighted by Crippen LogP contribution is 2.33. The van der Waals surface area contributed by atoms with Crippen LogP contribution in [0.25, 0.3) is 11.6 Å². The molecule has 0 aliphatic carbocycles. The third-order valence-electron chi connectivity index (χ3n) is 6.05. The van der Waals surface area contributed by atoms with Crippen LogP contribution in [-0.4, -0.2) is 44.1 Å². The van der Waals surface area contributed by atoms with Gasteiger partial charge in [0.2, 0.25) is 0 Å². The molecule has 0 saturated carbocycles. The van der Waals surface area contributed by atoms with E-state index in [-0.39, 0.29) is 11.8 Å². The Kier molecular flexibility index (Phi) is 6.78. The number of aryl methyl sites for hydroxylation is 2. The molecule has 9 nitrogen and oxygen atoms in total. The van der Waals surface area contributed by atoms with Gasteiger partial charge in [0.1, 0.15) is 0 Å². The Bertz CT molecular complexity index is 1100. The predicted molar refractivity (Wildman–Crippen MR) is 125 cm³/mol. The summed E-state index contributed by atoms with van der Waals surface area (Å²) in [7, 11) is 0. The topological polar surface area (TPSA) is 109 Å². The smallest absolute Gasteiger partial charge is 0.303 e. The fourth-order valence-electron chi connectivity index (χ4n) is 4.13. The van der Waals surface area contributed by atoms with E-state index in [1.807, 2.05) is 23.9 Å². The van der Waals surface area contributed by atoms with E-state index in [1.165, 1.54) is 11.1 Å². The van der Waals surface area contributed by atoms with Crippen LogP contribution >= 0.6 is 0 Å². The Labute approximate surface area is 193 Å². The van der Waals surface area contributed by atoms with E-state index in [4.69, 9.17) is 9.63 Å². The summed E-state index contributed by atoms with van der Waals surface area (Å²) in [5.74, 6) is 0.241. The Balaban J connectivity index is 1.42. The number of nitrogens with one attached hydrogen (secondary N) is 1. The van der Waals surface area contributed by atoms with Crippen LogP contribution in [-0.2, 0) is 24.3 Å². The lowest BCUT2D eigenvalue weighted by Gasteiger charge is -2.28. The molecule has 0 unspecified atom stereocenters. The number of aliphatic carboxylic acids is 1. The number of carboxylic acids is 1. The van der Waals surface area contributed by atoms with E-state index in [0.29, 0.717) is 24.0 Å². The quantitative estimate of drug-likeness (QED) is 0.475. The van der Waals surface area contributed by atoms with Gasteiger partial charge in [0, 0.05) is 44.5 Å². The monoisotopic (exact) mass is 452 g/mol. The lowest BCUT2D eigenvalue weighted by atomic mass is 9.87. The van der Waals surface area contributed by atoms with Crippen LogP contribution in [0, 0.1) is 5.41 Å². The van der Waals surface area contributed by atoms with Crippen molar-refractivity contribution in [2.24, 2.45) is 5.41 Å². The standard InChI is InChI=1S/C24H32N6O3/c1-4-29-13-10-19(27-29)22-26-23(28-33-22)30-12-5-6-18-14-17(7-8-20(18)30)15-25-16-24(2,3)11-9-21(31)32/h7-8,10,13-14,25H,4-6,9,11-12,15-16H2,1-3H3,(H,31,32). The first-order valence-electron chi connectivity index (χ1n) is 11.5. The molecule has 1 aliphatic heterocycles. The van der Waals surface area contributed by atoms with Crippen molar-refractivity contribution in [3.05, 3.63) is 41.6 Å². The summed E-state index contributed by atoms with van der Waals surface area (Å²) in [5.41, 5.74) is 4.21. The first kappa shape index (κ1) is 23.0. The second kappa shape index (κ2) is 9.74. The number of rotatable bonds is 10. The number of aromatic nitrogens is 4. The molecule has 0 saturated heterocycles. The van der Waals surface area contributed by atoms with Gasteiger partial charge < -0.3 is 19.8 Å². The van der Waals surface area contributed by atoms with Crippen LogP contribution in [0.2, 0.25) is 0 Å². The van der Waals surface area contributed by atoms with Crippen molar-refractivity contribution in [2.75, 3.05) is 18.0 Å².